The van der Waals surface area contributed by atoms with Gasteiger partial charge in [0.05, 0.1) is 6.04 Å². The van der Waals surface area contributed by atoms with E-state index in [4.69, 9.17) is 4.42 Å². The number of carbonyl (C=O) groups is 1. The van der Waals surface area contributed by atoms with Crippen LogP contribution in [0.5, 0.6) is 0 Å². The molecule has 0 aliphatic heterocycles. The highest BCUT2D eigenvalue weighted by molar-refractivity contribution is 9.10. The van der Waals surface area contributed by atoms with E-state index in [9.17, 15) is 9.59 Å². The molecule has 0 saturated carbocycles. The van der Waals surface area contributed by atoms with E-state index >= 15 is 0 Å². The summed E-state index contributed by atoms with van der Waals surface area (Å²) < 4.78 is 10.4. The Morgan fingerprint density at radius 2 is 2.17 bits per heavy atom. The van der Waals surface area contributed by atoms with E-state index in [0.29, 0.717) is 16.0 Å². The number of aromatic nitrogens is 3. The largest absolute Gasteiger partial charge is 0.452 e. The summed E-state index contributed by atoms with van der Waals surface area (Å²) in [4.78, 5) is 29.6. The Kier molecular flexibility index (Phi) is 4.11. The number of H-pyrrole nitrogens is 1. The van der Waals surface area contributed by atoms with Gasteiger partial charge in [-0.2, -0.15) is 0 Å². The maximum absolute atomic E-state index is 12.2. The van der Waals surface area contributed by atoms with Gasteiger partial charge in [0.25, 0.3) is 5.91 Å². The Balaban J connectivity index is 1.71. The van der Waals surface area contributed by atoms with Crippen molar-refractivity contribution < 1.29 is 13.7 Å². The van der Waals surface area contributed by atoms with Crippen LogP contribution in [0, 0.1) is 0 Å². The van der Waals surface area contributed by atoms with E-state index in [1.807, 2.05) is 0 Å². The zero-order chi connectivity index (χ0) is 16.4. The average molecular weight is 379 g/mol. The van der Waals surface area contributed by atoms with Gasteiger partial charge >= 0.3 is 5.76 Å². The molecule has 0 aromatic carbocycles. The molecular weight excluding hydrogens is 368 g/mol. The molecule has 0 fully saturated rings. The minimum Gasteiger partial charge on any atom is -0.452 e. The number of rotatable bonds is 4. The van der Waals surface area contributed by atoms with E-state index < -0.39 is 5.76 Å². The topological polar surface area (TPSA) is 114 Å². The molecule has 8 nitrogen and oxygen atoms in total. The second-order valence-corrected chi connectivity index (χ2v) is 5.49. The highest BCUT2D eigenvalue weighted by Gasteiger charge is 2.15. The van der Waals surface area contributed by atoms with Crippen LogP contribution >= 0.6 is 15.9 Å². The lowest BCUT2D eigenvalue weighted by Crippen LogP contribution is -2.27. The van der Waals surface area contributed by atoms with Gasteiger partial charge in [-0.3, -0.25) is 19.3 Å². The molecule has 118 valence electrons. The first-order valence-corrected chi connectivity index (χ1v) is 7.41. The van der Waals surface area contributed by atoms with E-state index in [-0.39, 0.29) is 23.5 Å². The molecule has 3 rings (SSSR count). The summed E-state index contributed by atoms with van der Waals surface area (Å²) >= 11 is 3.21. The van der Waals surface area contributed by atoms with Gasteiger partial charge in [0.15, 0.2) is 10.5 Å². The van der Waals surface area contributed by atoms with Crippen LogP contribution in [-0.2, 0) is 0 Å². The molecule has 1 atom stereocenters. The monoisotopic (exact) mass is 378 g/mol. The van der Waals surface area contributed by atoms with Gasteiger partial charge in [0.1, 0.15) is 11.5 Å². The molecule has 0 unspecified atom stereocenters. The number of carbonyl (C=O) groups excluding carboxylic acids is 1. The van der Waals surface area contributed by atoms with Crippen LogP contribution in [0.4, 0.5) is 0 Å². The maximum atomic E-state index is 12.2. The first-order valence-electron chi connectivity index (χ1n) is 6.61. The maximum Gasteiger partial charge on any atom is 0.439 e. The quantitative estimate of drug-likeness (QED) is 0.719. The summed E-state index contributed by atoms with van der Waals surface area (Å²) in [5, 5.41) is 6.33. The molecule has 23 heavy (non-hydrogen) atoms. The van der Waals surface area contributed by atoms with Crippen molar-refractivity contribution in [2.75, 3.05) is 0 Å². The Labute approximate surface area is 138 Å². The van der Waals surface area contributed by atoms with Crippen molar-refractivity contribution in [1.82, 2.24) is 20.4 Å². The van der Waals surface area contributed by atoms with Crippen LogP contribution in [0.2, 0.25) is 0 Å². The molecular formula is C14H11BrN4O4. The number of nitrogens with zero attached hydrogens (tertiary/aromatic N) is 2. The van der Waals surface area contributed by atoms with Crippen LogP contribution in [0.15, 0.2) is 48.9 Å². The molecule has 3 aromatic heterocycles. The standard InChI is InChI=1S/C14H11BrN4O4/c1-7(10-4-5-11(15)22-10)17-13(20)9-3-2-8(6-16-9)12-18-14(21)23-19-12/h2-7H,1H3,(H,17,20)(H,18,19,21)/t7-/m1/s1. The van der Waals surface area contributed by atoms with E-state index in [0.717, 1.165) is 0 Å². The lowest BCUT2D eigenvalue weighted by atomic mass is 10.2. The first-order chi connectivity index (χ1) is 11.0. The van der Waals surface area contributed by atoms with E-state index in [1.54, 1.807) is 25.1 Å². The number of amides is 1. The second-order valence-electron chi connectivity index (χ2n) is 4.71. The third kappa shape index (κ3) is 3.39. The SMILES string of the molecule is C[C@@H](NC(=O)c1ccc(-c2noc(=O)[nH]2)cn1)c1ccc(Br)o1. The fraction of sp³-hybridized carbons (Fsp3) is 0.143. The van der Waals surface area contributed by atoms with E-state index in [2.05, 4.69) is 40.9 Å². The van der Waals surface area contributed by atoms with Crippen molar-refractivity contribution in [2.24, 2.45) is 0 Å². The molecule has 2 N–H and O–H groups in total. The molecule has 0 radical (unpaired) electrons. The first kappa shape index (κ1) is 15.2. The number of hydrogen-bond donors (Lipinski definition) is 2. The van der Waals surface area contributed by atoms with Gasteiger partial charge in [-0.05, 0) is 47.1 Å². The Hall–Kier alpha value is -2.68. The average Bonchev–Trinajstić information content (AvgIpc) is 3.16. The summed E-state index contributed by atoms with van der Waals surface area (Å²) in [6.07, 6.45) is 1.43. The summed E-state index contributed by atoms with van der Waals surface area (Å²) in [5.74, 6) is -0.115. The number of halogens is 1. The van der Waals surface area contributed by atoms with Gasteiger partial charge in [-0.1, -0.05) is 5.16 Å². The molecule has 0 spiro atoms. The van der Waals surface area contributed by atoms with Crippen LogP contribution in [0.1, 0.15) is 29.2 Å². The number of nitrogens with one attached hydrogen (secondary N) is 2. The zero-order valence-corrected chi connectivity index (χ0v) is 13.5. The molecule has 1 amide bonds. The number of furan rings is 1. The van der Waals surface area contributed by atoms with Gasteiger partial charge in [0.2, 0.25) is 0 Å². The van der Waals surface area contributed by atoms with Gasteiger partial charge in [-0.25, -0.2) is 4.79 Å². The fourth-order valence-corrected chi connectivity index (χ4v) is 2.24. The summed E-state index contributed by atoms with van der Waals surface area (Å²) in [7, 11) is 0. The Bertz CT molecular complexity index is 881. The molecule has 0 aliphatic carbocycles. The normalized spacial score (nSPS) is 12.1. The number of hydrogen-bond acceptors (Lipinski definition) is 6. The summed E-state index contributed by atoms with van der Waals surface area (Å²) in [5.41, 5.74) is 0.771. The smallest absolute Gasteiger partial charge is 0.439 e. The molecule has 0 bridgehead atoms. The van der Waals surface area contributed by atoms with Crippen molar-refractivity contribution >= 4 is 21.8 Å². The van der Waals surface area contributed by atoms with Crippen molar-refractivity contribution in [1.29, 1.82) is 0 Å². The minimum atomic E-state index is -0.653. The highest BCUT2D eigenvalue weighted by Crippen LogP contribution is 2.20. The van der Waals surface area contributed by atoms with Crippen LogP contribution in [0.3, 0.4) is 0 Å². The Morgan fingerprint density at radius 3 is 2.74 bits per heavy atom. The molecule has 3 heterocycles. The summed E-state index contributed by atoms with van der Waals surface area (Å²) in [6.45, 7) is 1.80. The van der Waals surface area contributed by atoms with Crippen LogP contribution in [-0.4, -0.2) is 21.0 Å². The highest BCUT2D eigenvalue weighted by atomic mass is 79.9. The zero-order valence-electron chi connectivity index (χ0n) is 11.9. The number of pyridine rings is 1. The fourth-order valence-electron chi connectivity index (χ4n) is 1.93. The summed E-state index contributed by atoms with van der Waals surface area (Å²) in [6, 6.07) is 6.37. The van der Waals surface area contributed by atoms with Gasteiger partial charge in [0, 0.05) is 11.8 Å². The molecule has 0 aliphatic rings. The van der Waals surface area contributed by atoms with Crippen molar-refractivity contribution in [3.63, 3.8) is 0 Å². The predicted octanol–water partition coefficient (Wildman–Crippen LogP) is 2.27. The van der Waals surface area contributed by atoms with Gasteiger partial charge < -0.3 is 9.73 Å². The second kappa shape index (κ2) is 6.21. The lowest BCUT2D eigenvalue weighted by molar-refractivity contribution is 0.0930. The van der Waals surface area contributed by atoms with E-state index in [1.165, 1.54) is 12.3 Å². The third-order valence-electron chi connectivity index (χ3n) is 3.08. The molecule has 9 heteroatoms. The van der Waals surface area contributed by atoms with Crippen molar-refractivity contribution in [3.05, 3.63) is 57.1 Å². The number of aromatic amines is 1. The lowest BCUT2D eigenvalue weighted by Gasteiger charge is -2.11. The van der Waals surface area contributed by atoms with Gasteiger partial charge in [-0.15, -0.1) is 0 Å². The van der Waals surface area contributed by atoms with Crippen molar-refractivity contribution in [2.45, 2.75) is 13.0 Å². The minimum absolute atomic E-state index is 0.233. The van der Waals surface area contributed by atoms with Crippen LogP contribution < -0.4 is 11.1 Å². The third-order valence-corrected chi connectivity index (χ3v) is 3.50. The molecule has 0 saturated heterocycles. The molecule has 3 aromatic rings. The van der Waals surface area contributed by atoms with Crippen LogP contribution in [0.25, 0.3) is 11.4 Å². The predicted molar refractivity (Wildman–Crippen MR) is 82.6 cm³/mol. The van der Waals surface area contributed by atoms with Crippen molar-refractivity contribution in [3.8, 4) is 11.4 Å². The Morgan fingerprint density at radius 1 is 1.35 bits per heavy atom.